The van der Waals surface area contributed by atoms with E-state index in [-0.39, 0.29) is 24.4 Å². The lowest BCUT2D eigenvalue weighted by Gasteiger charge is -2.37. The first kappa shape index (κ1) is 15.5. The standard InChI is InChI=1S/C14H24BNO4/c1-13(2)14(3,4)20-15(19-13)8-5-6-9-16-10-7-11(16)12(17)18/h5,8,11H,6-7,9-10H2,1-4H3,(H,17,18)/b8-5+/t11-/m1/s1. The van der Waals surface area contributed by atoms with Crippen LogP contribution in [0.3, 0.4) is 0 Å². The highest BCUT2D eigenvalue weighted by Gasteiger charge is 2.49. The summed E-state index contributed by atoms with van der Waals surface area (Å²) in [5.41, 5.74) is -0.623. The van der Waals surface area contributed by atoms with Crippen molar-refractivity contribution in [2.24, 2.45) is 0 Å². The highest BCUT2D eigenvalue weighted by Crippen LogP contribution is 2.36. The van der Waals surface area contributed by atoms with Crippen LogP contribution in [0.25, 0.3) is 0 Å². The molecule has 2 aliphatic heterocycles. The van der Waals surface area contributed by atoms with E-state index in [1.807, 2.05) is 44.6 Å². The molecule has 0 radical (unpaired) electrons. The smallest absolute Gasteiger partial charge is 0.480 e. The molecule has 2 rings (SSSR count). The van der Waals surface area contributed by atoms with Gasteiger partial charge in [-0.2, -0.15) is 0 Å². The second-order valence-electron chi connectivity index (χ2n) is 6.52. The second kappa shape index (κ2) is 5.50. The fourth-order valence-electron chi connectivity index (χ4n) is 2.40. The average Bonchev–Trinajstić information content (AvgIpc) is 2.44. The monoisotopic (exact) mass is 281 g/mol. The third-order valence-corrected chi connectivity index (χ3v) is 4.56. The number of hydrogen-bond acceptors (Lipinski definition) is 4. The number of hydrogen-bond donors (Lipinski definition) is 1. The number of carbonyl (C=O) groups is 1. The van der Waals surface area contributed by atoms with Gasteiger partial charge in [0.2, 0.25) is 0 Å². The molecule has 2 saturated heterocycles. The van der Waals surface area contributed by atoms with E-state index in [4.69, 9.17) is 14.4 Å². The van der Waals surface area contributed by atoms with Crippen LogP contribution in [0.15, 0.2) is 12.1 Å². The lowest BCUT2D eigenvalue weighted by molar-refractivity contribution is -0.148. The van der Waals surface area contributed by atoms with Crippen molar-refractivity contribution < 1.29 is 19.2 Å². The molecular formula is C14H24BNO4. The number of likely N-dealkylation sites (tertiary alicyclic amines) is 1. The van der Waals surface area contributed by atoms with E-state index in [1.54, 1.807) is 0 Å². The zero-order valence-electron chi connectivity index (χ0n) is 12.8. The molecule has 6 heteroatoms. The van der Waals surface area contributed by atoms with Gasteiger partial charge in [0.25, 0.3) is 0 Å². The molecule has 1 N–H and O–H groups in total. The predicted octanol–water partition coefficient (Wildman–Crippen LogP) is 1.72. The molecule has 0 bridgehead atoms. The topological polar surface area (TPSA) is 59.0 Å². The number of carboxylic acids is 1. The summed E-state index contributed by atoms with van der Waals surface area (Å²) in [7, 11) is -0.313. The molecule has 0 saturated carbocycles. The minimum absolute atomic E-state index is 0.291. The molecule has 5 nitrogen and oxygen atoms in total. The molecule has 112 valence electrons. The lowest BCUT2D eigenvalue weighted by atomic mass is 9.89. The fraction of sp³-hybridized carbons (Fsp3) is 0.786. The summed E-state index contributed by atoms with van der Waals surface area (Å²) < 4.78 is 11.7. The fourth-order valence-corrected chi connectivity index (χ4v) is 2.40. The third-order valence-electron chi connectivity index (χ3n) is 4.56. The van der Waals surface area contributed by atoms with Crippen molar-refractivity contribution in [3.05, 3.63) is 12.1 Å². The van der Waals surface area contributed by atoms with Crippen molar-refractivity contribution in [1.82, 2.24) is 4.90 Å². The van der Waals surface area contributed by atoms with Gasteiger partial charge >= 0.3 is 13.1 Å². The van der Waals surface area contributed by atoms with Crippen molar-refractivity contribution in [3.8, 4) is 0 Å². The van der Waals surface area contributed by atoms with E-state index >= 15 is 0 Å². The first-order chi connectivity index (χ1) is 9.23. The Kier molecular flexibility index (Phi) is 4.28. The summed E-state index contributed by atoms with van der Waals surface area (Å²) in [5, 5.41) is 8.95. The molecule has 2 heterocycles. The molecular weight excluding hydrogens is 257 g/mol. The third kappa shape index (κ3) is 3.08. The Balaban J connectivity index is 1.74. The molecule has 0 aromatic heterocycles. The normalized spacial score (nSPS) is 28.8. The van der Waals surface area contributed by atoms with Crippen LogP contribution in [-0.2, 0) is 14.1 Å². The van der Waals surface area contributed by atoms with E-state index in [9.17, 15) is 4.79 Å². The van der Waals surface area contributed by atoms with Gasteiger partial charge < -0.3 is 14.4 Å². The van der Waals surface area contributed by atoms with Crippen molar-refractivity contribution in [1.29, 1.82) is 0 Å². The molecule has 0 spiro atoms. The number of nitrogens with zero attached hydrogens (tertiary/aromatic N) is 1. The quantitative estimate of drug-likeness (QED) is 0.778. The zero-order valence-corrected chi connectivity index (χ0v) is 12.8. The van der Waals surface area contributed by atoms with Gasteiger partial charge in [0.15, 0.2) is 0 Å². The molecule has 0 aromatic carbocycles. The van der Waals surface area contributed by atoms with E-state index in [0.29, 0.717) is 0 Å². The molecule has 0 aromatic rings. The molecule has 0 amide bonds. The number of aliphatic carboxylic acids is 1. The van der Waals surface area contributed by atoms with Gasteiger partial charge in [0.05, 0.1) is 11.2 Å². The molecule has 20 heavy (non-hydrogen) atoms. The average molecular weight is 281 g/mol. The minimum atomic E-state index is -0.716. The molecule has 0 unspecified atom stereocenters. The number of carboxylic acid groups (broad SMARTS) is 1. The maximum Gasteiger partial charge on any atom is 0.486 e. The van der Waals surface area contributed by atoms with Crippen LogP contribution in [0, 0.1) is 0 Å². The summed E-state index contributed by atoms with van der Waals surface area (Å²) in [6.07, 6.45) is 3.59. The highest BCUT2D eigenvalue weighted by atomic mass is 16.7. The van der Waals surface area contributed by atoms with Crippen molar-refractivity contribution in [2.75, 3.05) is 13.1 Å². The predicted molar refractivity (Wildman–Crippen MR) is 77.5 cm³/mol. The highest BCUT2D eigenvalue weighted by molar-refractivity contribution is 6.51. The van der Waals surface area contributed by atoms with Crippen LogP contribution in [0.5, 0.6) is 0 Å². The lowest BCUT2D eigenvalue weighted by Crippen LogP contribution is -2.52. The second-order valence-corrected chi connectivity index (χ2v) is 6.52. The summed E-state index contributed by atoms with van der Waals surface area (Å²) in [6, 6.07) is -0.291. The molecule has 2 aliphatic rings. The first-order valence-electron chi connectivity index (χ1n) is 7.22. The van der Waals surface area contributed by atoms with Crippen LogP contribution >= 0.6 is 0 Å². The Bertz CT molecular complexity index is 392. The number of rotatable bonds is 5. The molecule has 0 aliphatic carbocycles. The molecule has 1 atom stereocenters. The van der Waals surface area contributed by atoms with Crippen molar-refractivity contribution in [3.63, 3.8) is 0 Å². The van der Waals surface area contributed by atoms with Gasteiger partial charge in [0, 0.05) is 13.1 Å². The van der Waals surface area contributed by atoms with Gasteiger partial charge in [0.1, 0.15) is 6.04 Å². The summed E-state index contributed by atoms with van der Waals surface area (Å²) in [4.78, 5) is 12.9. The summed E-state index contributed by atoms with van der Waals surface area (Å²) in [5.74, 6) is 1.21. The van der Waals surface area contributed by atoms with Crippen molar-refractivity contribution >= 4 is 13.1 Å². The Morgan fingerprint density at radius 2 is 1.95 bits per heavy atom. The Hall–Kier alpha value is -0.845. The minimum Gasteiger partial charge on any atom is -0.480 e. The first-order valence-corrected chi connectivity index (χ1v) is 7.22. The van der Waals surface area contributed by atoms with Crippen molar-refractivity contribution in [2.45, 2.75) is 57.8 Å². The Morgan fingerprint density at radius 3 is 2.40 bits per heavy atom. The zero-order chi connectivity index (χ0) is 15.0. The summed E-state index contributed by atoms with van der Waals surface area (Å²) in [6.45, 7) is 9.75. The van der Waals surface area contributed by atoms with Gasteiger partial charge in [-0.3, -0.25) is 9.69 Å². The van der Waals surface area contributed by atoms with Crippen LogP contribution in [-0.4, -0.2) is 53.4 Å². The maximum atomic E-state index is 10.9. The van der Waals surface area contributed by atoms with Crippen LogP contribution in [0.4, 0.5) is 0 Å². The van der Waals surface area contributed by atoms with Crippen LogP contribution < -0.4 is 0 Å². The van der Waals surface area contributed by atoms with E-state index in [1.165, 1.54) is 0 Å². The van der Waals surface area contributed by atoms with E-state index in [2.05, 4.69) is 0 Å². The van der Waals surface area contributed by atoms with Crippen LogP contribution in [0.2, 0.25) is 0 Å². The van der Waals surface area contributed by atoms with E-state index < -0.39 is 5.97 Å². The van der Waals surface area contributed by atoms with Gasteiger partial charge in [-0.25, -0.2) is 0 Å². The summed E-state index contributed by atoms with van der Waals surface area (Å²) >= 11 is 0. The Morgan fingerprint density at radius 1 is 1.35 bits per heavy atom. The maximum absolute atomic E-state index is 10.9. The van der Waals surface area contributed by atoms with Gasteiger partial charge in [-0.05, 0) is 40.5 Å². The van der Waals surface area contributed by atoms with Crippen LogP contribution in [0.1, 0.15) is 40.5 Å². The molecule has 2 fully saturated rings. The van der Waals surface area contributed by atoms with Gasteiger partial charge in [-0.15, -0.1) is 0 Å². The SMILES string of the molecule is CC1(C)OB(/C=C/CCN2CC[C@@H]2C(=O)O)OC1(C)C. The van der Waals surface area contributed by atoms with Gasteiger partial charge in [-0.1, -0.05) is 12.1 Å². The Labute approximate surface area is 121 Å². The largest absolute Gasteiger partial charge is 0.486 e. The van der Waals surface area contributed by atoms with E-state index in [0.717, 1.165) is 25.9 Å².